The van der Waals surface area contributed by atoms with Crippen molar-refractivity contribution >= 4 is 44.8 Å². The molecule has 49 heavy (non-hydrogen) atoms. The molecule has 0 spiro atoms. The minimum atomic E-state index is -1.34. The summed E-state index contributed by atoms with van der Waals surface area (Å²) >= 11 is 1.83. The van der Waals surface area contributed by atoms with Crippen molar-refractivity contribution in [2.75, 3.05) is 0 Å². The van der Waals surface area contributed by atoms with Gasteiger partial charge in [-0.25, -0.2) is 0 Å². The number of thiophene rings is 1. The maximum atomic E-state index is 4.66. The van der Waals surface area contributed by atoms with E-state index in [0.29, 0.717) is 11.8 Å². The van der Waals surface area contributed by atoms with Gasteiger partial charge in [0.05, 0.1) is 8.07 Å². The molecule has 0 bridgehead atoms. The Balaban J connectivity index is 0.000000205. The smallest absolute Gasteiger partial charge is 0.0799 e. The zero-order chi connectivity index (χ0) is 34.0. The van der Waals surface area contributed by atoms with E-state index in [0.717, 1.165) is 22.5 Å². The number of aromatic nitrogens is 2. The molecule has 251 valence electrons. The first-order chi connectivity index (χ1) is 23.0. The molecule has 0 fully saturated rings. The van der Waals surface area contributed by atoms with Gasteiger partial charge in [0, 0.05) is 37.2 Å². The van der Waals surface area contributed by atoms with Gasteiger partial charge in [0.15, 0.2) is 0 Å². The van der Waals surface area contributed by atoms with Crippen molar-refractivity contribution in [3.8, 4) is 33.6 Å². The molecule has 2 nitrogen and oxygen atoms in total. The first-order valence-electron chi connectivity index (χ1n) is 16.9. The van der Waals surface area contributed by atoms with Crippen LogP contribution in [-0.4, -0.2) is 18.0 Å². The molecule has 7 rings (SSSR count). The topological polar surface area (TPSA) is 25.8 Å². The Morgan fingerprint density at radius 2 is 1.39 bits per heavy atom. The van der Waals surface area contributed by atoms with Crippen LogP contribution in [0.3, 0.4) is 0 Å². The van der Waals surface area contributed by atoms with Crippen LogP contribution in [0.5, 0.6) is 0 Å². The molecule has 0 N–H and O–H groups in total. The number of hydrogen-bond donors (Lipinski definition) is 0. The number of benzene rings is 4. The molecule has 7 aromatic rings. The van der Waals surface area contributed by atoms with Gasteiger partial charge >= 0.3 is 0 Å². The Morgan fingerprint density at radius 3 is 2.06 bits per heavy atom. The molecule has 3 heterocycles. The van der Waals surface area contributed by atoms with Gasteiger partial charge in [-0.15, -0.1) is 59.7 Å². The summed E-state index contributed by atoms with van der Waals surface area (Å²) in [6, 6.07) is 41.2. The Kier molecular flexibility index (Phi) is 11.5. The van der Waals surface area contributed by atoms with E-state index in [-0.39, 0.29) is 20.1 Å². The summed E-state index contributed by atoms with van der Waals surface area (Å²) in [5.41, 5.74) is 10.7. The average molecular weight is 853 g/mol. The molecule has 0 saturated carbocycles. The van der Waals surface area contributed by atoms with Crippen LogP contribution in [0.15, 0.2) is 109 Å². The fourth-order valence-corrected chi connectivity index (χ4v) is 8.75. The maximum Gasteiger partial charge on any atom is 0.0799 e. The van der Waals surface area contributed by atoms with Crippen LogP contribution in [-0.2, 0) is 20.1 Å². The molecule has 0 unspecified atom stereocenters. The van der Waals surface area contributed by atoms with Crippen molar-refractivity contribution < 1.29 is 20.1 Å². The van der Waals surface area contributed by atoms with Crippen LogP contribution in [0.25, 0.3) is 53.8 Å². The van der Waals surface area contributed by atoms with E-state index in [9.17, 15) is 0 Å². The van der Waals surface area contributed by atoms with Crippen molar-refractivity contribution in [1.29, 1.82) is 0 Å². The number of rotatable bonds is 6. The second-order valence-corrected chi connectivity index (χ2v) is 20.4. The van der Waals surface area contributed by atoms with Gasteiger partial charge in [0.1, 0.15) is 0 Å². The van der Waals surface area contributed by atoms with E-state index >= 15 is 0 Å². The molecule has 0 atom stereocenters. The summed E-state index contributed by atoms with van der Waals surface area (Å²) < 4.78 is 2.58. The number of pyridine rings is 2. The molecular weight excluding hydrogens is 809 g/mol. The first kappa shape index (κ1) is 36.5. The second kappa shape index (κ2) is 15.4. The fourth-order valence-electron chi connectivity index (χ4n) is 6.02. The normalized spacial score (nSPS) is 11.5. The third kappa shape index (κ3) is 8.36. The predicted octanol–water partition coefficient (Wildman–Crippen LogP) is 12.2. The molecule has 0 amide bonds. The monoisotopic (exact) mass is 853 g/mol. The molecule has 0 aliphatic carbocycles. The Bertz CT molecular complexity index is 2180. The Hall–Kier alpha value is -3.73. The van der Waals surface area contributed by atoms with Crippen molar-refractivity contribution in [1.82, 2.24) is 9.97 Å². The summed E-state index contributed by atoms with van der Waals surface area (Å²) in [6.45, 7) is 18.2. The number of aryl methyl sites for hydroxylation is 1. The van der Waals surface area contributed by atoms with Crippen molar-refractivity contribution in [2.24, 2.45) is 0 Å². The fraction of sp³-hybridized carbons (Fsp3) is 0.227. The molecule has 0 aliphatic rings. The van der Waals surface area contributed by atoms with Crippen LogP contribution in [0.1, 0.15) is 56.2 Å². The minimum absolute atomic E-state index is 0. The molecule has 0 saturated heterocycles. The van der Waals surface area contributed by atoms with Crippen LogP contribution in [0, 0.1) is 19.1 Å². The van der Waals surface area contributed by atoms with Gasteiger partial charge in [-0.2, -0.15) is 11.3 Å². The molecule has 1 radical (unpaired) electrons. The summed E-state index contributed by atoms with van der Waals surface area (Å²) in [7, 11) is -1.34. The van der Waals surface area contributed by atoms with E-state index in [1.807, 2.05) is 35.7 Å². The summed E-state index contributed by atoms with van der Waals surface area (Å²) in [6.07, 6.45) is 4.00. The van der Waals surface area contributed by atoms with Crippen LogP contribution in [0.2, 0.25) is 19.6 Å². The van der Waals surface area contributed by atoms with Crippen LogP contribution < -0.4 is 5.19 Å². The van der Waals surface area contributed by atoms with E-state index < -0.39 is 8.07 Å². The molecule has 4 aromatic carbocycles. The Morgan fingerprint density at radius 1 is 0.673 bits per heavy atom. The summed E-state index contributed by atoms with van der Waals surface area (Å²) in [5, 5.41) is 4.06. The molecule has 0 aliphatic heterocycles. The average Bonchev–Trinajstić information content (AvgIpc) is 3.46. The largest absolute Gasteiger partial charge is 0.305 e. The van der Waals surface area contributed by atoms with Crippen molar-refractivity contribution in [3.63, 3.8) is 0 Å². The van der Waals surface area contributed by atoms with E-state index in [1.54, 1.807) is 0 Å². The van der Waals surface area contributed by atoms with Crippen LogP contribution >= 0.6 is 11.3 Å². The van der Waals surface area contributed by atoms with Gasteiger partial charge in [0.2, 0.25) is 0 Å². The van der Waals surface area contributed by atoms with E-state index in [2.05, 4.69) is 161 Å². The van der Waals surface area contributed by atoms with Gasteiger partial charge in [-0.3, -0.25) is 0 Å². The summed E-state index contributed by atoms with van der Waals surface area (Å²) in [4.78, 5) is 9.27. The molecular formula is C44H44IrN2SSi-2. The van der Waals surface area contributed by atoms with Gasteiger partial charge in [-0.05, 0) is 74.7 Å². The second-order valence-electron chi connectivity index (χ2n) is 14.3. The number of fused-ring (bicyclic) bond motifs is 3. The number of hydrogen-bond acceptors (Lipinski definition) is 3. The molecule has 5 heteroatoms. The molecule has 3 aromatic heterocycles. The minimum Gasteiger partial charge on any atom is -0.305 e. The Labute approximate surface area is 311 Å². The summed E-state index contributed by atoms with van der Waals surface area (Å²) in [5.74, 6) is 1.02. The SMILES string of the molecule is CC(C)c1cc(-c2[c-]cccc2)ncc1[Si](C)(C)C.Cc1ccc(-c2ccc3sc4c[c-]c(-c5cc(C(C)C)ccn5)cc4c3c2)cc1.[Ir]. The van der Waals surface area contributed by atoms with Gasteiger partial charge < -0.3 is 9.97 Å². The third-order valence-electron chi connectivity index (χ3n) is 8.87. The zero-order valence-corrected chi connectivity index (χ0v) is 33.9. The van der Waals surface area contributed by atoms with E-state index in [4.69, 9.17) is 0 Å². The number of nitrogens with zero attached hydrogens (tertiary/aromatic N) is 2. The van der Waals surface area contributed by atoms with E-state index in [1.165, 1.54) is 53.2 Å². The van der Waals surface area contributed by atoms with Crippen molar-refractivity contribution in [3.05, 3.63) is 138 Å². The van der Waals surface area contributed by atoms with Gasteiger partial charge in [0.25, 0.3) is 0 Å². The van der Waals surface area contributed by atoms with Crippen LogP contribution in [0.4, 0.5) is 0 Å². The third-order valence-corrected chi connectivity index (χ3v) is 12.0. The van der Waals surface area contributed by atoms with Crippen molar-refractivity contribution in [2.45, 2.75) is 66.1 Å². The first-order valence-corrected chi connectivity index (χ1v) is 21.2. The van der Waals surface area contributed by atoms with Gasteiger partial charge in [-0.1, -0.05) is 112 Å². The predicted molar refractivity (Wildman–Crippen MR) is 211 cm³/mol. The standard InChI is InChI=1S/C27H22NS.C17H22NSi.Ir/c1-17(2)20-12-13-28-25(16-20)22-9-11-27-24(15-22)23-14-21(8-10-26(23)29-27)19-6-4-18(3)5-7-19;1-13(2)15-11-16(14-9-7-6-8-10-14)18-12-17(15)19(3,4)5;/h4-8,10-17H,1-3H3;6-9,11-13H,1-5H3;/q2*-1;. The maximum absolute atomic E-state index is 4.66. The zero-order valence-electron chi connectivity index (χ0n) is 29.7. The quantitative estimate of drug-likeness (QED) is 0.123.